The molecular formula is C28H20N2O5. The minimum atomic E-state index is -0.642. The number of hydrogen-bond acceptors (Lipinski definition) is 6. The zero-order valence-corrected chi connectivity index (χ0v) is 19.0. The van der Waals surface area contributed by atoms with E-state index in [1.54, 1.807) is 37.3 Å². The van der Waals surface area contributed by atoms with Gasteiger partial charge < -0.3 is 10.1 Å². The van der Waals surface area contributed by atoms with E-state index in [0.29, 0.717) is 28.1 Å². The van der Waals surface area contributed by atoms with Gasteiger partial charge in [0.15, 0.2) is 18.2 Å². The normalized spacial score (nSPS) is 12.2. The molecule has 7 nitrogen and oxygen atoms in total. The fourth-order valence-corrected chi connectivity index (χ4v) is 4.41. The Morgan fingerprint density at radius 1 is 0.829 bits per heavy atom. The summed E-state index contributed by atoms with van der Waals surface area (Å²) in [6.07, 6.45) is 0. The Hall–Kier alpha value is -4.65. The van der Waals surface area contributed by atoms with E-state index in [4.69, 9.17) is 4.74 Å². The monoisotopic (exact) mass is 464 g/mol. The maximum absolute atomic E-state index is 12.9. The third-order valence-electron chi connectivity index (χ3n) is 6.08. The van der Waals surface area contributed by atoms with E-state index in [1.165, 1.54) is 12.1 Å². The molecule has 0 saturated carbocycles. The van der Waals surface area contributed by atoms with Crippen molar-refractivity contribution in [3.8, 4) is 0 Å². The van der Waals surface area contributed by atoms with Gasteiger partial charge in [0, 0.05) is 33.3 Å². The standard InChI is InChI=1S/C28H20N2O5/c1-15-18-7-5-6-10-23(18)29-16(2)25(15)28(34)35-14-24(31)30-17-11-12-21-22(13-17)27(33)20-9-4-3-8-19(20)26(21)32/h3-13H,14H2,1-2H3,(H,30,31). The Morgan fingerprint density at radius 3 is 2.20 bits per heavy atom. The molecular weight excluding hydrogens is 444 g/mol. The SMILES string of the molecule is Cc1nc2ccccc2c(C)c1C(=O)OCC(=O)Nc1ccc2c(c1)C(=O)c1ccccc1C2=O. The second-order valence-corrected chi connectivity index (χ2v) is 8.30. The van der Waals surface area contributed by atoms with Gasteiger partial charge in [0.1, 0.15) is 0 Å². The molecule has 0 atom stereocenters. The molecule has 1 heterocycles. The number of nitrogens with zero attached hydrogens (tertiary/aromatic N) is 1. The van der Waals surface area contributed by atoms with Gasteiger partial charge >= 0.3 is 5.97 Å². The first-order valence-electron chi connectivity index (χ1n) is 11.0. The number of carbonyl (C=O) groups is 4. The van der Waals surface area contributed by atoms with Gasteiger partial charge in [0.05, 0.1) is 16.8 Å². The van der Waals surface area contributed by atoms with Crippen molar-refractivity contribution in [1.82, 2.24) is 4.98 Å². The van der Waals surface area contributed by atoms with E-state index in [1.807, 2.05) is 31.2 Å². The first kappa shape index (κ1) is 22.2. The molecule has 7 heteroatoms. The summed E-state index contributed by atoms with van der Waals surface area (Å²) in [5, 5.41) is 3.46. The summed E-state index contributed by atoms with van der Waals surface area (Å²) in [6.45, 7) is 3.02. The smallest absolute Gasteiger partial charge is 0.340 e. The van der Waals surface area contributed by atoms with Gasteiger partial charge in [-0.1, -0.05) is 42.5 Å². The van der Waals surface area contributed by atoms with Crippen LogP contribution in [0.15, 0.2) is 66.7 Å². The van der Waals surface area contributed by atoms with Crippen LogP contribution in [0.5, 0.6) is 0 Å². The molecule has 4 aromatic rings. The number of ether oxygens (including phenoxy) is 1. The van der Waals surface area contributed by atoms with Crippen LogP contribution in [0.25, 0.3) is 10.9 Å². The predicted octanol–water partition coefficient (Wildman–Crippen LogP) is 4.42. The summed E-state index contributed by atoms with van der Waals surface area (Å²) in [6, 6.07) is 18.6. The lowest BCUT2D eigenvalue weighted by Crippen LogP contribution is -2.23. The zero-order valence-electron chi connectivity index (χ0n) is 19.0. The highest BCUT2D eigenvalue weighted by molar-refractivity contribution is 6.28. The van der Waals surface area contributed by atoms with Crippen molar-refractivity contribution in [3.05, 3.63) is 106 Å². The number of nitrogens with one attached hydrogen (secondary N) is 1. The largest absolute Gasteiger partial charge is 0.452 e. The van der Waals surface area contributed by atoms with Crippen LogP contribution in [0.2, 0.25) is 0 Å². The molecule has 0 fully saturated rings. The van der Waals surface area contributed by atoms with E-state index in [-0.39, 0.29) is 22.7 Å². The molecule has 5 rings (SSSR count). The number of ketones is 2. The quantitative estimate of drug-likeness (QED) is 0.395. The lowest BCUT2D eigenvalue weighted by Gasteiger charge is -2.18. The summed E-state index contributed by atoms with van der Waals surface area (Å²) < 4.78 is 5.26. The Labute approximate surface area is 200 Å². The van der Waals surface area contributed by atoms with Gasteiger partial charge in [-0.2, -0.15) is 0 Å². The van der Waals surface area contributed by atoms with E-state index >= 15 is 0 Å². The number of rotatable bonds is 4. The molecule has 0 spiro atoms. The van der Waals surface area contributed by atoms with E-state index in [0.717, 1.165) is 16.5 Å². The third-order valence-corrected chi connectivity index (χ3v) is 6.08. The third kappa shape index (κ3) is 3.87. The van der Waals surface area contributed by atoms with Crippen LogP contribution >= 0.6 is 0 Å². The number of aromatic nitrogens is 1. The topological polar surface area (TPSA) is 102 Å². The van der Waals surface area contributed by atoms with Gasteiger partial charge in [0.2, 0.25) is 0 Å². The Bertz CT molecular complexity index is 1570. The molecule has 1 aliphatic carbocycles. The molecule has 172 valence electrons. The second kappa shape index (κ2) is 8.61. The molecule has 0 unspecified atom stereocenters. The Balaban J connectivity index is 1.30. The van der Waals surface area contributed by atoms with Crippen LogP contribution in [0.4, 0.5) is 5.69 Å². The number of aryl methyl sites for hydroxylation is 2. The van der Waals surface area contributed by atoms with Crippen molar-refractivity contribution in [2.75, 3.05) is 11.9 Å². The molecule has 35 heavy (non-hydrogen) atoms. The van der Waals surface area contributed by atoms with Gasteiger partial charge in [-0.15, -0.1) is 0 Å². The molecule has 3 aromatic carbocycles. The lowest BCUT2D eigenvalue weighted by molar-refractivity contribution is -0.119. The first-order chi connectivity index (χ1) is 16.8. The summed E-state index contributed by atoms with van der Waals surface area (Å²) >= 11 is 0. The van der Waals surface area contributed by atoms with Crippen molar-refractivity contribution in [3.63, 3.8) is 0 Å². The van der Waals surface area contributed by atoms with Gasteiger partial charge in [-0.05, 0) is 43.7 Å². The number of pyridine rings is 1. The van der Waals surface area contributed by atoms with Crippen molar-refractivity contribution in [2.24, 2.45) is 0 Å². The Morgan fingerprint density at radius 2 is 1.46 bits per heavy atom. The highest BCUT2D eigenvalue weighted by Crippen LogP contribution is 2.29. The summed E-state index contributed by atoms with van der Waals surface area (Å²) in [5.74, 6) is -1.74. The molecule has 0 bridgehead atoms. The van der Waals surface area contributed by atoms with Crippen molar-refractivity contribution < 1.29 is 23.9 Å². The number of carbonyl (C=O) groups excluding carboxylic acids is 4. The maximum Gasteiger partial charge on any atom is 0.340 e. The number of para-hydroxylation sites is 1. The molecule has 1 amide bonds. The zero-order chi connectivity index (χ0) is 24.7. The molecule has 1 aliphatic rings. The number of anilines is 1. The molecule has 1 N–H and O–H groups in total. The summed E-state index contributed by atoms with van der Waals surface area (Å²) in [7, 11) is 0. The van der Waals surface area contributed by atoms with Crippen LogP contribution in [-0.4, -0.2) is 35.0 Å². The van der Waals surface area contributed by atoms with Gasteiger partial charge in [0.25, 0.3) is 5.91 Å². The van der Waals surface area contributed by atoms with E-state index in [2.05, 4.69) is 10.3 Å². The average Bonchev–Trinajstić information content (AvgIpc) is 2.86. The average molecular weight is 464 g/mol. The van der Waals surface area contributed by atoms with Gasteiger partial charge in [-0.3, -0.25) is 19.4 Å². The number of hydrogen-bond donors (Lipinski definition) is 1. The lowest BCUT2D eigenvalue weighted by atomic mass is 9.84. The number of esters is 1. The van der Waals surface area contributed by atoms with Crippen LogP contribution in [0.1, 0.15) is 53.5 Å². The van der Waals surface area contributed by atoms with Crippen molar-refractivity contribution in [2.45, 2.75) is 13.8 Å². The second-order valence-electron chi connectivity index (χ2n) is 8.30. The van der Waals surface area contributed by atoms with Gasteiger partial charge in [-0.25, -0.2) is 4.79 Å². The van der Waals surface area contributed by atoms with Crippen LogP contribution in [0.3, 0.4) is 0 Å². The van der Waals surface area contributed by atoms with E-state index < -0.39 is 18.5 Å². The summed E-state index contributed by atoms with van der Waals surface area (Å²) in [4.78, 5) is 55.3. The predicted molar refractivity (Wildman–Crippen MR) is 130 cm³/mol. The number of benzene rings is 3. The number of amides is 1. The highest BCUT2D eigenvalue weighted by atomic mass is 16.5. The van der Waals surface area contributed by atoms with Crippen LogP contribution in [-0.2, 0) is 9.53 Å². The van der Waals surface area contributed by atoms with Crippen LogP contribution in [0, 0.1) is 13.8 Å². The minimum Gasteiger partial charge on any atom is -0.452 e. The highest BCUT2D eigenvalue weighted by Gasteiger charge is 2.29. The number of fused-ring (bicyclic) bond motifs is 3. The molecule has 0 radical (unpaired) electrons. The maximum atomic E-state index is 12.9. The Kier molecular flexibility index (Phi) is 5.45. The van der Waals surface area contributed by atoms with E-state index in [9.17, 15) is 19.2 Å². The fourth-order valence-electron chi connectivity index (χ4n) is 4.41. The molecule has 0 aliphatic heterocycles. The molecule has 1 aromatic heterocycles. The minimum absolute atomic E-state index is 0.219. The summed E-state index contributed by atoms with van der Waals surface area (Å²) in [5.41, 5.74) is 3.88. The first-order valence-corrected chi connectivity index (χ1v) is 11.0. The van der Waals surface area contributed by atoms with Crippen LogP contribution < -0.4 is 5.32 Å². The van der Waals surface area contributed by atoms with Crippen molar-refractivity contribution >= 4 is 40.0 Å². The van der Waals surface area contributed by atoms with Crippen molar-refractivity contribution in [1.29, 1.82) is 0 Å². The fraction of sp³-hybridized carbons (Fsp3) is 0.107. The molecule has 0 saturated heterocycles.